The average molecular weight is 1410 g/mol. The van der Waals surface area contributed by atoms with Gasteiger partial charge in [0.1, 0.15) is 80.0 Å². The molecular formula is C79H102N22O3. The molecule has 4 aromatic carbocycles. The Morgan fingerprint density at radius 1 is 0.433 bits per heavy atom. The molecule has 12 rings (SSSR count). The Labute approximate surface area is 612 Å². The van der Waals surface area contributed by atoms with E-state index in [4.69, 9.17) is 16.7 Å². The number of nitriles is 4. The number of rotatable bonds is 19. The minimum atomic E-state index is -0.0522. The van der Waals surface area contributed by atoms with Crippen molar-refractivity contribution in [2.75, 3.05) is 140 Å². The predicted octanol–water partition coefficient (Wildman–Crippen LogP) is 9.76. The third-order valence-corrected chi connectivity index (χ3v) is 19.0. The van der Waals surface area contributed by atoms with Crippen LogP contribution in [0.15, 0.2) is 103 Å². The zero-order valence-electron chi connectivity index (χ0n) is 62.2. The number of benzene rings is 4. The van der Waals surface area contributed by atoms with Crippen LogP contribution < -0.4 is 31.1 Å². The van der Waals surface area contributed by atoms with Gasteiger partial charge in [-0.25, -0.2) is 9.79 Å². The molecule has 4 fully saturated rings. The van der Waals surface area contributed by atoms with Gasteiger partial charge in [-0.05, 0) is 178 Å². The molecular weight excluding hydrogens is 1310 g/mol. The highest BCUT2D eigenvalue weighted by molar-refractivity contribution is 5.95. The molecule has 104 heavy (non-hydrogen) atoms. The van der Waals surface area contributed by atoms with Gasteiger partial charge in [0.15, 0.2) is 0 Å². The summed E-state index contributed by atoms with van der Waals surface area (Å²) in [6.45, 7) is 19.3. The largest absolute Gasteiger partial charge is 0.369 e. The van der Waals surface area contributed by atoms with E-state index in [1.54, 1.807) is 61.7 Å². The number of aromatic nitrogens is 8. The highest BCUT2D eigenvalue weighted by Gasteiger charge is 2.32. The summed E-state index contributed by atoms with van der Waals surface area (Å²) < 4.78 is 0. The number of hydrogen-bond donors (Lipinski definition) is 2. The van der Waals surface area contributed by atoms with Crippen LogP contribution in [0.1, 0.15) is 114 Å². The normalized spacial score (nSPS) is 20.1. The Morgan fingerprint density at radius 3 is 1.02 bits per heavy atom. The number of ketones is 2. The smallest absolute Gasteiger partial charge is 0.235 e. The zero-order chi connectivity index (χ0) is 74.8. The first-order valence-corrected chi connectivity index (χ1v) is 36.2. The van der Waals surface area contributed by atoms with Crippen molar-refractivity contribution < 1.29 is 14.4 Å². The molecule has 0 unspecified atom stereocenters. The van der Waals surface area contributed by atoms with Gasteiger partial charge in [0.25, 0.3) is 0 Å². The van der Waals surface area contributed by atoms with Gasteiger partial charge in [-0.15, -0.1) is 0 Å². The van der Waals surface area contributed by atoms with Crippen LogP contribution in [0.5, 0.6) is 0 Å². The standard InChI is InChI=1S/2C22H29N5O.C16H15N5O.C15H17N5.C4H12N2/c2*1-16-11-17(12-19(28)5-4-10-26(2)3)15-27(14-16)20-7-6-18(13-23)21-22(20)25-9-8-24-21;1-11-6-13(20-10-22)9-21(8-11)14-3-2-12(7-17)15-16(14)19-5-4-18-15;1-10-6-12(17)9-20(8-10)13-3-2-11(7-16)14-15(13)19-5-4-18-14;1-6(2)4-3-5/h2*6-9,16-17H,4-5,10-12,14-15H2,1-3H3;2-5,11,13H,6,8-9H2,1H3;2-5,10,12H,6,8-9,17H2,1H3;3-5H2,1-2H3/t2*16-,17-;11-,13+;10-,12+;/m0000./s1. The van der Waals surface area contributed by atoms with Gasteiger partial charge >= 0.3 is 0 Å². The molecule has 0 radical (unpaired) electrons. The van der Waals surface area contributed by atoms with Crippen molar-refractivity contribution in [1.82, 2.24) is 54.6 Å². The second-order valence-electron chi connectivity index (χ2n) is 29.2. The molecule has 4 N–H and O–H groups in total. The summed E-state index contributed by atoms with van der Waals surface area (Å²) >= 11 is 0. The third-order valence-electron chi connectivity index (χ3n) is 19.0. The minimum Gasteiger partial charge on any atom is -0.369 e. The minimum absolute atomic E-state index is 0.0522. The van der Waals surface area contributed by atoms with Gasteiger partial charge in [-0.1, -0.05) is 27.7 Å². The van der Waals surface area contributed by atoms with Crippen LogP contribution >= 0.6 is 0 Å². The van der Waals surface area contributed by atoms with Crippen molar-refractivity contribution in [3.8, 4) is 24.3 Å². The van der Waals surface area contributed by atoms with Crippen LogP contribution in [0.25, 0.3) is 44.1 Å². The molecule has 0 spiro atoms. The van der Waals surface area contributed by atoms with Gasteiger partial charge in [-0.3, -0.25) is 49.5 Å². The summed E-state index contributed by atoms with van der Waals surface area (Å²) in [6.07, 6.45) is 23.3. The molecule has 4 aliphatic rings. The Balaban J connectivity index is 0.000000172. The number of isocyanates is 1. The molecule has 8 heterocycles. The number of carbonyl (C=O) groups excluding carboxylic acids is 3. The quantitative estimate of drug-likeness (QED) is 0.0561. The van der Waals surface area contributed by atoms with Crippen molar-refractivity contribution in [3.05, 3.63) is 120 Å². The SMILES string of the molecule is CN(C)CCN.C[C@H]1C[C@@H](CC(=O)CCCN(C)C)CN(c2ccc(C#N)c3nccnc23)C1.C[C@H]1C[C@@H](CC(=O)CCCN(C)C)CN(c2ccc(C#N)c3nccnc23)C1.C[C@H]1C[C@@H](N)CN(c2ccc(C#N)c3nccnc23)C1.C[C@H]1C[C@@H](N=C=O)CN(c2ccc(C#N)c3nccnc23)C1. The number of likely N-dealkylation sites (N-methyl/N-ethyl adjacent to an activating group) is 1. The van der Waals surface area contributed by atoms with Crippen molar-refractivity contribution in [2.24, 2.45) is 52.0 Å². The summed E-state index contributed by atoms with van der Waals surface area (Å²) in [5.74, 6) is 3.44. The van der Waals surface area contributed by atoms with E-state index in [2.05, 4.69) is 131 Å². The Hall–Kier alpha value is -10.1. The maximum atomic E-state index is 12.4. The number of hydrogen-bond acceptors (Lipinski definition) is 25. The summed E-state index contributed by atoms with van der Waals surface area (Å²) in [5.41, 5.74) is 23.1. The molecule has 0 aliphatic carbocycles. The van der Waals surface area contributed by atoms with Crippen LogP contribution in [0, 0.1) is 80.8 Å². The molecule has 0 saturated carbocycles. The Bertz CT molecular complexity index is 4250. The monoisotopic (exact) mass is 1410 g/mol. The van der Waals surface area contributed by atoms with Crippen LogP contribution in [0.2, 0.25) is 0 Å². The number of fused-ring (bicyclic) bond motifs is 4. The zero-order valence-corrected chi connectivity index (χ0v) is 62.2. The Kier molecular flexibility index (Phi) is 30.3. The summed E-state index contributed by atoms with van der Waals surface area (Å²) in [7, 11) is 12.2. The number of Topliss-reactive ketones (excluding diaryl/α,β-unsaturated/α-hetero) is 2. The fraction of sp³-hybridized carbons (Fsp3) is 0.506. The summed E-state index contributed by atoms with van der Waals surface area (Å²) in [6, 6.07) is 23.9. The molecule has 0 bridgehead atoms. The Morgan fingerprint density at radius 2 is 0.731 bits per heavy atom. The maximum absolute atomic E-state index is 12.4. The lowest BCUT2D eigenvalue weighted by Gasteiger charge is -2.38. The molecule has 4 aliphatic heterocycles. The molecule has 25 nitrogen and oxygen atoms in total. The van der Waals surface area contributed by atoms with Crippen molar-refractivity contribution in [1.29, 1.82) is 21.0 Å². The third kappa shape index (κ3) is 22.5. The molecule has 8 atom stereocenters. The number of aliphatic imine (C=N–C) groups is 1. The molecule has 0 amide bonds. The van der Waals surface area contributed by atoms with Crippen LogP contribution in [-0.4, -0.2) is 205 Å². The van der Waals surface area contributed by atoms with E-state index in [9.17, 15) is 30.2 Å². The van der Waals surface area contributed by atoms with Gasteiger partial charge in [0, 0.05) is 147 Å². The lowest BCUT2D eigenvalue weighted by atomic mass is 9.86. The molecule has 4 saturated heterocycles. The van der Waals surface area contributed by atoms with Crippen molar-refractivity contribution >= 4 is 84.5 Å². The molecule has 8 aromatic rings. The van der Waals surface area contributed by atoms with E-state index < -0.39 is 0 Å². The number of nitrogens with two attached hydrogens (primary N) is 2. The number of nitrogens with zero attached hydrogens (tertiary/aromatic N) is 20. The first-order chi connectivity index (χ1) is 50.1. The van der Waals surface area contributed by atoms with Crippen LogP contribution in [0.3, 0.4) is 0 Å². The fourth-order valence-corrected chi connectivity index (χ4v) is 14.8. The van der Waals surface area contributed by atoms with Crippen molar-refractivity contribution in [3.63, 3.8) is 0 Å². The lowest BCUT2D eigenvalue weighted by molar-refractivity contribution is -0.121. The first kappa shape index (κ1) is 79.6. The van der Waals surface area contributed by atoms with E-state index in [1.807, 2.05) is 84.8 Å². The number of carbonyl (C=O) groups is 2. The highest BCUT2D eigenvalue weighted by Crippen LogP contribution is 2.37. The number of anilines is 4. The van der Waals surface area contributed by atoms with Gasteiger partial charge in [0.05, 0.1) is 51.0 Å². The highest BCUT2D eigenvalue weighted by atomic mass is 16.1. The second-order valence-corrected chi connectivity index (χ2v) is 29.2. The van der Waals surface area contributed by atoms with E-state index >= 15 is 0 Å². The predicted molar refractivity (Wildman–Crippen MR) is 410 cm³/mol. The van der Waals surface area contributed by atoms with E-state index in [0.717, 1.165) is 150 Å². The van der Waals surface area contributed by atoms with E-state index in [0.29, 0.717) is 129 Å². The van der Waals surface area contributed by atoms with Gasteiger partial charge in [0.2, 0.25) is 6.08 Å². The summed E-state index contributed by atoms with van der Waals surface area (Å²) in [5, 5.41) is 37.1. The van der Waals surface area contributed by atoms with Crippen LogP contribution in [-0.2, 0) is 14.4 Å². The first-order valence-electron chi connectivity index (χ1n) is 36.2. The van der Waals surface area contributed by atoms with E-state index in [1.165, 1.54) is 0 Å². The lowest BCUT2D eigenvalue weighted by Crippen LogP contribution is -2.46. The number of piperidine rings is 4. The molecule has 4 aromatic heterocycles. The van der Waals surface area contributed by atoms with Crippen molar-refractivity contribution in [2.45, 2.75) is 104 Å². The van der Waals surface area contributed by atoms with Gasteiger partial charge in [-0.2, -0.15) is 21.0 Å². The molecule has 546 valence electrons. The van der Waals surface area contributed by atoms with Gasteiger partial charge < -0.3 is 45.8 Å². The molecule has 25 heteroatoms. The topological polar surface area (TPSA) is 337 Å². The maximum Gasteiger partial charge on any atom is 0.235 e. The fourth-order valence-electron chi connectivity index (χ4n) is 14.8. The average Bonchev–Trinajstić information content (AvgIpc) is 0.728. The van der Waals surface area contributed by atoms with Crippen LogP contribution in [0.4, 0.5) is 22.7 Å². The second kappa shape index (κ2) is 39.5. The van der Waals surface area contributed by atoms with E-state index in [-0.39, 0.29) is 12.1 Å². The summed E-state index contributed by atoms with van der Waals surface area (Å²) in [4.78, 5) is 89.9.